The average Bonchev–Trinajstić information content (AvgIpc) is 3.79. The summed E-state index contributed by atoms with van der Waals surface area (Å²) in [6, 6.07) is 94.1. The standard InChI is InChI=1S/C68H43N3/c1-3-17-49(18-4-1)68-69-62(43-63(70-68)59-27-15-29-65-67(59)60-26-13-14-28-64(60)71(65)51-20-5-2-6-21-51)57-41-40-53(55-24-11-12-25-56(55)57)47-34-30-44(31-35-47)45-32-36-48(37-33-45)66-54-23-10-8-19-50(54)42-61-52-22-9-7-16-46(52)38-39-58(61)66/h1-43H. The third kappa shape index (κ3) is 6.82. The molecule has 0 radical (unpaired) electrons. The molecule has 0 aliphatic heterocycles. The molecular weight excluding hydrogens is 859 g/mol. The SMILES string of the molecule is c1ccc(-c2nc(-c3ccc(-c4ccc(-c5ccc(-c6c7ccccc7cc7c6ccc6ccccc67)cc5)cc4)c4ccccc34)cc(-c3cccc4c3c3ccccc3n4-c3ccccc3)n2)cc1. The Morgan fingerprint density at radius 3 is 1.56 bits per heavy atom. The molecule has 0 atom stereocenters. The molecule has 0 N–H and O–H groups in total. The van der Waals surface area contributed by atoms with Crippen molar-refractivity contribution in [2.75, 3.05) is 0 Å². The van der Waals surface area contributed by atoms with Gasteiger partial charge in [0.15, 0.2) is 5.82 Å². The maximum atomic E-state index is 5.35. The number of nitrogens with zero attached hydrogens (tertiary/aromatic N) is 3. The Balaban J connectivity index is 0.849. The molecule has 0 fully saturated rings. The van der Waals surface area contributed by atoms with E-state index in [1.807, 2.05) is 6.07 Å². The summed E-state index contributed by atoms with van der Waals surface area (Å²) in [6.45, 7) is 0. The first kappa shape index (κ1) is 40.6. The molecule has 0 aliphatic carbocycles. The lowest BCUT2D eigenvalue weighted by molar-refractivity contribution is 1.18. The Morgan fingerprint density at radius 2 is 0.817 bits per heavy atom. The number of aromatic nitrogens is 3. The van der Waals surface area contributed by atoms with Crippen molar-refractivity contribution >= 4 is 64.9 Å². The Bertz CT molecular complexity index is 4360. The van der Waals surface area contributed by atoms with Crippen LogP contribution in [0.3, 0.4) is 0 Å². The van der Waals surface area contributed by atoms with Crippen molar-refractivity contribution in [2.45, 2.75) is 0 Å². The van der Waals surface area contributed by atoms with E-state index in [-0.39, 0.29) is 0 Å². The molecule has 2 heterocycles. The predicted octanol–water partition coefficient (Wildman–Crippen LogP) is 18.2. The fraction of sp³-hybridized carbons (Fsp3) is 0. The van der Waals surface area contributed by atoms with Gasteiger partial charge in [-0.2, -0.15) is 0 Å². The Hall–Kier alpha value is -9.44. The normalized spacial score (nSPS) is 11.7. The summed E-state index contributed by atoms with van der Waals surface area (Å²) >= 11 is 0. The number of para-hydroxylation sites is 2. The van der Waals surface area contributed by atoms with Crippen LogP contribution >= 0.6 is 0 Å². The zero-order valence-corrected chi connectivity index (χ0v) is 38.7. The largest absolute Gasteiger partial charge is 0.309 e. The minimum atomic E-state index is 0.692. The summed E-state index contributed by atoms with van der Waals surface area (Å²) in [5.74, 6) is 0.692. The van der Waals surface area contributed by atoms with Crippen LogP contribution in [-0.2, 0) is 0 Å². The van der Waals surface area contributed by atoms with E-state index in [9.17, 15) is 0 Å². The van der Waals surface area contributed by atoms with Crippen LogP contribution in [0.25, 0.3) is 138 Å². The van der Waals surface area contributed by atoms with Crippen LogP contribution in [0.2, 0.25) is 0 Å². The summed E-state index contributed by atoms with van der Waals surface area (Å²) in [6.07, 6.45) is 0. The van der Waals surface area contributed by atoms with Gasteiger partial charge < -0.3 is 4.57 Å². The summed E-state index contributed by atoms with van der Waals surface area (Å²) in [4.78, 5) is 10.7. The summed E-state index contributed by atoms with van der Waals surface area (Å²) in [5.41, 5.74) is 15.5. The molecule has 3 heteroatoms. The summed E-state index contributed by atoms with van der Waals surface area (Å²) < 4.78 is 2.36. The fourth-order valence-corrected chi connectivity index (χ4v) is 11.1. The van der Waals surface area contributed by atoms with E-state index in [2.05, 4.69) is 259 Å². The van der Waals surface area contributed by atoms with Crippen LogP contribution in [0.4, 0.5) is 0 Å². The number of hydrogen-bond donors (Lipinski definition) is 0. The predicted molar refractivity (Wildman–Crippen MR) is 299 cm³/mol. The fourth-order valence-electron chi connectivity index (χ4n) is 11.1. The van der Waals surface area contributed by atoms with Crippen molar-refractivity contribution in [1.82, 2.24) is 14.5 Å². The van der Waals surface area contributed by atoms with Crippen molar-refractivity contribution in [3.8, 4) is 73.0 Å². The van der Waals surface area contributed by atoms with Crippen LogP contribution in [-0.4, -0.2) is 14.5 Å². The number of rotatable bonds is 7. The second kappa shape index (κ2) is 16.7. The van der Waals surface area contributed by atoms with Crippen LogP contribution in [0.5, 0.6) is 0 Å². The summed E-state index contributed by atoms with van der Waals surface area (Å²) in [7, 11) is 0. The molecule has 0 amide bonds. The first-order valence-electron chi connectivity index (χ1n) is 24.3. The van der Waals surface area contributed by atoms with Gasteiger partial charge in [0.05, 0.1) is 22.4 Å². The van der Waals surface area contributed by atoms with Crippen molar-refractivity contribution in [2.24, 2.45) is 0 Å². The Labute approximate surface area is 411 Å². The number of benzene rings is 12. The lowest BCUT2D eigenvalue weighted by Crippen LogP contribution is -1.97. The van der Waals surface area contributed by atoms with Gasteiger partial charge in [0.25, 0.3) is 0 Å². The molecular formula is C68H43N3. The first-order chi connectivity index (χ1) is 35.2. The third-order valence-electron chi connectivity index (χ3n) is 14.4. The van der Waals surface area contributed by atoms with Gasteiger partial charge in [-0.3, -0.25) is 0 Å². The van der Waals surface area contributed by atoms with E-state index >= 15 is 0 Å². The highest BCUT2D eigenvalue weighted by atomic mass is 15.0. The maximum absolute atomic E-state index is 5.35. The van der Waals surface area contributed by atoms with Gasteiger partial charge in [0, 0.05) is 33.2 Å². The Morgan fingerprint density at radius 1 is 0.268 bits per heavy atom. The lowest BCUT2D eigenvalue weighted by Gasteiger charge is -2.15. The van der Waals surface area contributed by atoms with Crippen molar-refractivity contribution in [3.63, 3.8) is 0 Å². The van der Waals surface area contributed by atoms with E-state index in [0.717, 1.165) is 55.7 Å². The van der Waals surface area contributed by atoms with Gasteiger partial charge >= 0.3 is 0 Å². The quantitative estimate of drug-likeness (QED) is 0.118. The van der Waals surface area contributed by atoms with Gasteiger partial charge in [0.1, 0.15) is 0 Å². The highest BCUT2D eigenvalue weighted by Gasteiger charge is 2.20. The molecule has 12 aromatic carbocycles. The molecule has 14 rings (SSSR count). The van der Waals surface area contributed by atoms with Crippen molar-refractivity contribution in [1.29, 1.82) is 0 Å². The highest BCUT2D eigenvalue weighted by molar-refractivity contribution is 6.20. The molecule has 3 nitrogen and oxygen atoms in total. The molecule has 0 bridgehead atoms. The smallest absolute Gasteiger partial charge is 0.160 e. The first-order valence-corrected chi connectivity index (χ1v) is 24.3. The van der Waals surface area contributed by atoms with Gasteiger partial charge in [-0.05, 0) is 113 Å². The minimum absolute atomic E-state index is 0.692. The van der Waals surface area contributed by atoms with Crippen molar-refractivity contribution in [3.05, 3.63) is 261 Å². The molecule has 0 saturated carbocycles. The van der Waals surface area contributed by atoms with Crippen LogP contribution < -0.4 is 0 Å². The van der Waals surface area contributed by atoms with Crippen molar-refractivity contribution < 1.29 is 0 Å². The molecule has 0 saturated heterocycles. The van der Waals surface area contributed by atoms with E-state index in [1.165, 1.54) is 76.3 Å². The average molecular weight is 902 g/mol. The van der Waals surface area contributed by atoms with Crippen LogP contribution in [0, 0.1) is 0 Å². The molecule has 0 spiro atoms. The van der Waals surface area contributed by atoms with E-state index < -0.39 is 0 Å². The van der Waals surface area contributed by atoms with E-state index in [0.29, 0.717) is 5.82 Å². The van der Waals surface area contributed by atoms with Gasteiger partial charge in [-0.1, -0.05) is 224 Å². The van der Waals surface area contributed by atoms with Gasteiger partial charge in [0.2, 0.25) is 0 Å². The third-order valence-corrected chi connectivity index (χ3v) is 14.4. The molecule has 0 unspecified atom stereocenters. The molecule has 2 aromatic heterocycles. The molecule has 0 aliphatic rings. The second-order valence-corrected chi connectivity index (χ2v) is 18.4. The van der Waals surface area contributed by atoms with Gasteiger partial charge in [-0.25, -0.2) is 9.97 Å². The van der Waals surface area contributed by atoms with E-state index in [1.54, 1.807) is 0 Å². The topological polar surface area (TPSA) is 30.7 Å². The maximum Gasteiger partial charge on any atom is 0.160 e. The summed E-state index contributed by atoms with van der Waals surface area (Å²) in [5, 5.41) is 12.3. The minimum Gasteiger partial charge on any atom is -0.309 e. The number of hydrogen-bond acceptors (Lipinski definition) is 2. The Kier molecular flexibility index (Phi) is 9.53. The monoisotopic (exact) mass is 901 g/mol. The van der Waals surface area contributed by atoms with Gasteiger partial charge in [-0.15, -0.1) is 0 Å². The van der Waals surface area contributed by atoms with Crippen LogP contribution in [0.15, 0.2) is 261 Å². The zero-order chi connectivity index (χ0) is 46.8. The van der Waals surface area contributed by atoms with E-state index in [4.69, 9.17) is 9.97 Å². The molecule has 71 heavy (non-hydrogen) atoms. The highest BCUT2D eigenvalue weighted by Crippen LogP contribution is 2.43. The second-order valence-electron chi connectivity index (χ2n) is 18.4. The lowest BCUT2D eigenvalue weighted by atomic mass is 9.89. The molecule has 330 valence electrons. The molecule has 14 aromatic rings. The number of fused-ring (bicyclic) bond motifs is 8. The van der Waals surface area contributed by atoms with Crippen LogP contribution in [0.1, 0.15) is 0 Å². The zero-order valence-electron chi connectivity index (χ0n) is 38.7.